The Morgan fingerprint density at radius 2 is 2.29 bits per heavy atom. The van der Waals surface area contributed by atoms with E-state index >= 15 is 0 Å². The number of hydrogen-bond acceptors (Lipinski definition) is 4. The van der Waals surface area contributed by atoms with Crippen molar-refractivity contribution in [3.05, 3.63) is 0 Å². The first kappa shape index (κ1) is 13.9. The largest absolute Gasteiger partial charge is 0.353 e. The molecule has 0 aromatic rings. The van der Waals surface area contributed by atoms with E-state index in [1.54, 1.807) is 0 Å². The summed E-state index contributed by atoms with van der Waals surface area (Å²) in [4.78, 5) is 25.3. The summed E-state index contributed by atoms with van der Waals surface area (Å²) in [5.41, 5.74) is 2.16. The normalized spacial score (nSPS) is 24.9. The van der Waals surface area contributed by atoms with E-state index in [1.165, 1.54) is 0 Å². The summed E-state index contributed by atoms with van der Waals surface area (Å²) in [6.07, 6.45) is 0.743. The third kappa shape index (κ3) is 2.95. The standard InChI is InChI=1S/C11H22N4O2/c1-4-9-11(17)13-5-6-15(9)8(3)7(2)10(16)14-12/h7-9H,4-6,12H2,1-3H3,(H,13,17)(H,14,16). The molecule has 0 aromatic heterocycles. The molecule has 0 aliphatic carbocycles. The summed E-state index contributed by atoms with van der Waals surface area (Å²) >= 11 is 0. The van der Waals surface area contributed by atoms with Crippen LogP contribution in [0.5, 0.6) is 0 Å². The van der Waals surface area contributed by atoms with Gasteiger partial charge in [-0.15, -0.1) is 0 Å². The Balaban J connectivity index is 2.75. The number of hydrogen-bond donors (Lipinski definition) is 3. The maximum absolute atomic E-state index is 11.7. The Labute approximate surface area is 102 Å². The molecule has 2 amide bonds. The van der Waals surface area contributed by atoms with Crippen LogP contribution in [0.2, 0.25) is 0 Å². The van der Waals surface area contributed by atoms with E-state index in [4.69, 9.17) is 5.84 Å². The Bertz CT molecular complexity index is 295. The van der Waals surface area contributed by atoms with Crippen LogP contribution in [0.4, 0.5) is 0 Å². The molecule has 3 atom stereocenters. The molecular weight excluding hydrogens is 220 g/mol. The van der Waals surface area contributed by atoms with Crippen LogP contribution < -0.4 is 16.6 Å². The highest BCUT2D eigenvalue weighted by Crippen LogP contribution is 2.18. The van der Waals surface area contributed by atoms with Crippen molar-refractivity contribution < 1.29 is 9.59 Å². The van der Waals surface area contributed by atoms with Crippen molar-refractivity contribution in [3.63, 3.8) is 0 Å². The van der Waals surface area contributed by atoms with Crippen LogP contribution in [0.15, 0.2) is 0 Å². The molecule has 6 heteroatoms. The zero-order valence-corrected chi connectivity index (χ0v) is 10.7. The third-order valence-corrected chi connectivity index (χ3v) is 3.56. The van der Waals surface area contributed by atoms with Crippen molar-refractivity contribution in [1.29, 1.82) is 0 Å². The maximum atomic E-state index is 11.7. The van der Waals surface area contributed by atoms with Gasteiger partial charge in [-0.2, -0.15) is 0 Å². The summed E-state index contributed by atoms with van der Waals surface area (Å²) in [7, 11) is 0. The highest BCUT2D eigenvalue weighted by Gasteiger charge is 2.35. The lowest BCUT2D eigenvalue weighted by atomic mass is 9.97. The fraction of sp³-hybridized carbons (Fsp3) is 0.818. The predicted octanol–water partition coefficient (Wildman–Crippen LogP) is -0.789. The second-order valence-electron chi connectivity index (χ2n) is 4.49. The molecule has 1 fully saturated rings. The maximum Gasteiger partial charge on any atom is 0.238 e. The second-order valence-corrected chi connectivity index (χ2v) is 4.49. The summed E-state index contributed by atoms with van der Waals surface area (Å²) in [5, 5.41) is 2.84. The quantitative estimate of drug-likeness (QED) is 0.342. The van der Waals surface area contributed by atoms with E-state index in [2.05, 4.69) is 15.6 Å². The first-order valence-corrected chi connectivity index (χ1v) is 6.06. The lowest BCUT2D eigenvalue weighted by Crippen LogP contribution is -2.60. The van der Waals surface area contributed by atoms with Crippen molar-refractivity contribution in [2.24, 2.45) is 11.8 Å². The molecule has 1 aliphatic rings. The fourth-order valence-corrected chi connectivity index (χ4v) is 2.28. The fourth-order valence-electron chi connectivity index (χ4n) is 2.28. The van der Waals surface area contributed by atoms with E-state index in [0.29, 0.717) is 6.54 Å². The van der Waals surface area contributed by atoms with Crippen molar-refractivity contribution in [2.45, 2.75) is 39.3 Å². The van der Waals surface area contributed by atoms with Gasteiger partial charge in [0.15, 0.2) is 0 Å². The molecule has 17 heavy (non-hydrogen) atoms. The van der Waals surface area contributed by atoms with E-state index < -0.39 is 0 Å². The highest BCUT2D eigenvalue weighted by atomic mass is 16.2. The molecule has 1 aliphatic heterocycles. The number of carbonyl (C=O) groups is 2. The third-order valence-electron chi connectivity index (χ3n) is 3.56. The van der Waals surface area contributed by atoms with Gasteiger partial charge >= 0.3 is 0 Å². The van der Waals surface area contributed by atoms with E-state index in [9.17, 15) is 9.59 Å². The van der Waals surface area contributed by atoms with Gasteiger partial charge in [-0.3, -0.25) is 19.9 Å². The molecule has 98 valence electrons. The van der Waals surface area contributed by atoms with Gasteiger partial charge in [-0.1, -0.05) is 13.8 Å². The SMILES string of the molecule is CCC1C(=O)NCCN1C(C)C(C)C(=O)NN. The van der Waals surface area contributed by atoms with E-state index in [-0.39, 0.29) is 29.8 Å². The first-order valence-electron chi connectivity index (χ1n) is 6.06. The molecule has 0 spiro atoms. The van der Waals surface area contributed by atoms with Crippen molar-refractivity contribution in [1.82, 2.24) is 15.6 Å². The average molecular weight is 242 g/mol. The molecule has 3 unspecified atom stereocenters. The Morgan fingerprint density at radius 3 is 2.82 bits per heavy atom. The van der Waals surface area contributed by atoms with Gasteiger partial charge in [0, 0.05) is 19.1 Å². The summed E-state index contributed by atoms with van der Waals surface area (Å²) in [6.45, 7) is 7.17. The minimum Gasteiger partial charge on any atom is -0.353 e. The molecule has 1 saturated heterocycles. The van der Waals surface area contributed by atoms with Crippen molar-refractivity contribution in [2.75, 3.05) is 13.1 Å². The highest BCUT2D eigenvalue weighted by molar-refractivity contribution is 5.83. The average Bonchev–Trinajstić information content (AvgIpc) is 2.35. The Hall–Kier alpha value is -1.14. The smallest absolute Gasteiger partial charge is 0.238 e. The number of nitrogens with zero attached hydrogens (tertiary/aromatic N) is 1. The van der Waals surface area contributed by atoms with Gasteiger partial charge in [0.05, 0.1) is 12.0 Å². The van der Waals surface area contributed by atoms with Crippen LogP contribution in [0.1, 0.15) is 27.2 Å². The first-order chi connectivity index (χ1) is 8.02. The van der Waals surface area contributed by atoms with Gasteiger partial charge in [-0.25, -0.2) is 5.84 Å². The van der Waals surface area contributed by atoms with Crippen LogP contribution in [-0.4, -0.2) is 41.9 Å². The number of piperazine rings is 1. The summed E-state index contributed by atoms with van der Waals surface area (Å²) < 4.78 is 0. The second kappa shape index (κ2) is 5.97. The molecule has 0 aromatic carbocycles. The van der Waals surface area contributed by atoms with Gasteiger partial charge in [0.25, 0.3) is 0 Å². The van der Waals surface area contributed by atoms with Gasteiger partial charge in [0.2, 0.25) is 11.8 Å². The van der Waals surface area contributed by atoms with E-state index in [1.807, 2.05) is 20.8 Å². The lowest BCUT2D eigenvalue weighted by Gasteiger charge is -2.40. The Morgan fingerprint density at radius 1 is 1.65 bits per heavy atom. The van der Waals surface area contributed by atoms with Crippen LogP contribution in [-0.2, 0) is 9.59 Å². The summed E-state index contributed by atoms with van der Waals surface area (Å²) in [5.74, 6) is 4.75. The van der Waals surface area contributed by atoms with Crippen molar-refractivity contribution in [3.8, 4) is 0 Å². The number of carbonyl (C=O) groups excluding carboxylic acids is 2. The number of hydrazine groups is 1. The van der Waals surface area contributed by atoms with Gasteiger partial charge in [0.1, 0.15) is 0 Å². The van der Waals surface area contributed by atoms with Crippen LogP contribution in [0, 0.1) is 5.92 Å². The lowest BCUT2D eigenvalue weighted by molar-refractivity contribution is -0.134. The van der Waals surface area contributed by atoms with Crippen LogP contribution in [0.25, 0.3) is 0 Å². The minimum absolute atomic E-state index is 0.00505. The molecule has 0 radical (unpaired) electrons. The molecular formula is C11H22N4O2. The zero-order chi connectivity index (χ0) is 13.0. The number of amides is 2. The topological polar surface area (TPSA) is 87.5 Å². The Kier molecular flexibility index (Phi) is 4.89. The van der Waals surface area contributed by atoms with Crippen LogP contribution in [0.3, 0.4) is 0 Å². The molecule has 1 heterocycles. The van der Waals surface area contributed by atoms with Crippen molar-refractivity contribution >= 4 is 11.8 Å². The van der Waals surface area contributed by atoms with E-state index in [0.717, 1.165) is 13.0 Å². The molecule has 4 N–H and O–H groups in total. The monoisotopic (exact) mass is 242 g/mol. The molecule has 0 bridgehead atoms. The minimum atomic E-state index is -0.236. The molecule has 1 rings (SSSR count). The predicted molar refractivity (Wildman–Crippen MR) is 64.8 cm³/mol. The van der Waals surface area contributed by atoms with Gasteiger partial charge in [-0.05, 0) is 13.3 Å². The number of rotatable bonds is 4. The molecule has 6 nitrogen and oxygen atoms in total. The van der Waals surface area contributed by atoms with Gasteiger partial charge < -0.3 is 5.32 Å². The number of nitrogens with one attached hydrogen (secondary N) is 2. The number of nitrogens with two attached hydrogens (primary N) is 1. The zero-order valence-electron chi connectivity index (χ0n) is 10.7. The summed E-state index contributed by atoms with van der Waals surface area (Å²) in [6, 6.07) is -0.152. The van der Waals surface area contributed by atoms with Crippen LogP contribution >= 0.6 is 0 Å². The molecule has 0 saturated carbocycles.